The first kappa shape index (κ1) is 13.9. The first-order valence-electron chi connectivity index (χ1n) is 6.30. The maximum atomic E-state index is 13.0. The van der Waals surface area contributed by atoms with Crippen LogP contribution < -0.4 is 4.74 Å². The monoisotopic (exact) mass is 278 g/mol. The highest BCUT2D eigenvalue weighted by molar-refractivity contribution is 6.17. The Hall–Kier alpha value is -1.54. The number of ether oxygens (including phenoxy) is 1. The highest BCUT2D eigenvalue weighted by Gasteiger charge is 2.04. The highest BCUT2D eigenvalue weighted by Crippen LogP contribution is 2.21. The van der Waals surface area contributed by atoms with Crippen LogP contribution in [0, 0.1) is 5.82 Å². The summed E-state index contributed by atoms with van der Waals surface area (Å²) in [6, 6.07) is 14.7. The fourth-order valence-electron chi connectivity index (χ4n) is 1.90. The number of benzene rings is 2. The van der Waals surface area contributed by atoms with Crippen LogP contribution in [-0.2, 0) is 12.3 Å². The molecule has 1 nitrogen and oxygen atoms in total. The molecule has 0 bridgehead atoms. The number of hydrogen-bond acceptors (Lipinski definition) is 1. The van der Waals surface area contributed by atoms with Crippen molar-refractivity contribution in [2.45, 2.75) is 18.7 Å². The van der Waals surface area contributed by atoms with Gasteiger partial charge in [-0.2, -0.15) is 0 Å². The molecule has 0 unspecified atom stereocenters. The normalized spacial score (nSPS) is 10.4. The second kappa shape index (κ2) is 7.15. The zero-order chi connectivity index (χ0) is 13.5. The van der Waals surface area contributed by atoms with Gasteiger partial charge in [-0.15, -0.1) is 11.6 Å². The van der Waals surface area contributed by atoms with Crippen molar-refractivity contribution in [3.8, 4) is 5.75 Å². The maximum Gasteiger partial charge on any atom is 0.123 e. The van der Waals surface area contributed by atoms with Gasteiger partial charge in [-0.25, -0.2) is 4.39 Å². The third-order valence-electron chi connectivity index (χ3n) is 2.88. The molecule has 0 atom stereocenters. The van der Waals surface area contributed by atoms with E-state index in [1.165, 1.54) is 17.7 Å². The van der Waals surface area contributed by atoms with Crippen LogP contribution in [0.3, 0.4) is 0 Å². The van der Waals surface area contributed by atoms with E-state index in [4.69, 9.17) is 16.3 Å². The van der Waals surface area contributed by atoms with E-state index in [9.17, 15) is 4.39 Å². The van der Waals surface area contributed by atoms with Crippen LogP contribution in [0.2, 0.25) is 0 Å². The lowest BCUT2D eigenvalue weighted by molar-refractivity contribution is 0.308. The van der Waals surface area contributed by atoms with Crippen LogP contribution in [0.25, 0.3) is 0 Å². The molecule has 0 radical (unpaired) electrons. The molecular formula is C16H16ClFO. The molecule has 0 N–H and O–H groups in total. The first-order chi connectivity index (χ1) is 9.29. The Morgan fingerprint density at radius 1 is 1.05 bits per heavy atom. The van der Waals surface area contributed by atoms with E-state index >= 15 is 0 Å². The van der Waals surface area contributed by atoms with Crippen molar-refractivity contribution in [3.05, 3.63) is 65.5 Å². The predicted molar refractivity (Wildman–Crippen MR) is 76.2 cm³/mol. The van der Waals surface area contributed by atoms with Crippen LogP contribution >= 0.6 is 11.6 Å². The number of hydrogen-bond donors (Lipinski definition) is 0. The molecule has 2 aromatic carbocycles. The molecule has 3 heteroatoms. The van der Waals surface area contributed by atoms with Gasteiger partial charge in [-0.1, -0.05) is 30.3 Å². The molecule has 0 fully saturated rings. The van der Waals surface area contributed by atoms with Crippen molar-refractivity contribution >= 4 is 11.6 Å². The van der Waals surface area contributed by atoms with E-state index in [-0.39, 0.29) is 11.7 Å². The van der Waals surface area contributed by atoms with Crippen LogP contribution in [0.4, 0.5) is 4.39 Å². The summed E-state index contributed by atoms with van der Waals surface area (Å²) in [5.41, 5.74) is 1.99. The third-order valence-corrected chi connectivity index (χ3v) is 3.16. The van der Waals surface area contributed by atoms with Crippen molar-refractivity contribution in [1.82, 2.24) is 0 Å². The quantitative estimate of drug-likeness (QED) is 0.555. The van der Waals surface area contributed by atoms with Gasteiger partial charge >= 0.3 is 0 Å². The molecule has 0 spiro atoms. The van der Waals surface area contributed by atoms with E-state index in [1.807, 2.05) is 18.2 Å². The lowest BCUT2D eigenvalue weighted by Crippen LogP contribution is -2.01. The van der Waals surface area contributed by atoms with Crippen LogP contribution in [-0.4, -0.2) is 6.61 Å². The molecular weight excluding hydrogens is 263 g/mol. The smallest absolute Gasteiger partial charge is 0.123 e. The maximum absolute atomic E-state index is 13.0. The van der Waals surface area contributed by atoms with Gasteiger partial charge in [0.25, 0.3) is 0 Å². The van der Waals surface area contributed by atoms with Gasteiger partial charge in [0, 0.05) is 5.56 Å². The predicted octanol–water partition coefficient (Wildman–Crippen LogP) is 4.58. The first-order valence-corrected chi connectivity index (χ1v) is 6.84. The fourth-order valence-corrected chi connectivity index (χ4v) is 2.11. The average Bonchev–Trinajstić information content (AvgIpc) is 2.46. The Kier molecular flexibility index (Phi) is 5.22. The summed E-state index contributed by atoms with van der Waals surface area (Å²) in [5, 5.41) is 0. The summed E-state index contributed by atoms with van der Waals surface area (Å²) in [7, 11) is 0. The number of aryl methyl sites for hydroxylation is 1. The van der Waals surface area contributed by atoms with Crippen LogP contribution in [0.15, 0.2) is 48.5 Å². The molecule has 0 aliphatic carbocycles. The van der Waals surface area contributed by atoms with E-state index < -0.39 is 0 Å². The molecule has 0 amide bonds. The minimum absolute atomic E-state index is 0.256. The topological polar surface area (TPSA) is 9.23 Å². The molecule has 0 saturated heterocycles. The molecule has 19 heavy (non-hydrogen) atoms. The van der Waals surface area contributed by atoms with Gasteiger partial charge in [0.2, 0.25) is 0 Å². The summed E-state index contributed by atoms with van der Waals surface area (Å²) >= 11 is 5.77. The van der Waals surface area contributed by atoms with Crippen molar-refractivity contribution < 1.29 is 9.13 Å². The molecule has 100 valence electrons. The van der Waals surface area contributed by atoms with Crippen molar-refractivity contribution in [1.29, 1.82) is 0 Å². The van der Waals surface area contributed by atoms with E-state index in [2.05, 4.69) is 12.1 Å². The van der Waals surface area contributed by atoms with Crippen molar-refractivity contribution in [2.24, 2.45) is 0 Å². The SMILES string of the molecule is Fc1ccc(OCCCc2ccccc2)c(CCl)c1. The zero-order valence-corrected chi connectivity index (χ0v) is 11.4. The van der Waals surface area contributed by atoms with E-state index in [1.54, 1.807) is 6.07 Å². The Bertz CT molecular complexity index is 513. The average molecular weight is 279 g/mol. The molecule has 2 aromatic rings. The molecule has 0 aliphatic heterocycles. The van der Waals surface area contributed by atoms with Gasteiger partial charge < -0.3 is 4.74 Å². The lowest BCUT2D eigenvalue weighted by atomic mass is 10.1. The van der Waals surface area contributed by atoms with Gasteiger partial charge in [0.05, 0.1) is 12.5 Å². The van der Waals surface area contributed by atoms with Crippen molar-refractivity contribution in [3.63, 3.8) is 0 Å². The summed E-state index contributed by atoms with van der Waals surface area (Å²) in [5.74, 6) is 0.642. The summed E-state index contributed by atoms with van der Waals surface area (Å²) in [4.78, 5) is 0. The largest absolute Gasteiger partial charge is 0.493 e. The lowest BCUT2D eigenvalue weighted by Gasteiger charge is -2.10. The summed E-state index contributed by atoms with van der Waals surface area (Å²) in [6.45, 7) is 0.602. The standard InChI is InChI=1S/C16H16ClFO/c17-12-14-11-15(18)8-9-16(14)19-10-4-7-13-5-2-1-3-6-13/h1-3,5-6,8-9,11H,4,7,10,12H2. The second-order valence-corrected chi connectivity index (χ2v) is 4.59. The molecule has 0 aliphatic rings. The van der Waals surface area contributed by atoms with E-state index in [0.717, 1.165) is 12.8 Å². The van der Waals surface area contributed by atoms with Crippen LogP contribution in [0.1, 0.15) is 17.5 Å². The Morgan fingerprint density at radius 2 is 1.84 bits per heavy atom. The van der Waals surface area contributed by atoms with Gasteiger partial charge in [0.15, 0.2) is 0 Å². The fraction of sp³-hybridized carbons (Fsp3) is 0.250. The minimum Gasteiger partial charge on any atom is -0.493 e. The Balaban J connectivity index is 1.83. The van der Waals surface area contributed by atoms with Crippen LogP contribution in [0.5, 0.6) is 5.75 Å². The summed E-state index contributed by atoms with van der Waals surface area (Å²) < 4.78 is 18.7. The Labute approximate surface area is 118 Å². The van der Waals surface area contributed by atoms with Crippen molar-refractivity contribution in [2.75, 3.05) is 6.61 Å². The number of halogens is 2. The Morgan fingerprint density at radius 3 is 2.58 bits per heavy atom. The van der Waals surface area contributed by atoms with E-state index in [0.29, 0.717) is 17.9 Å². The molecule has 0 aromatic heterocycles. The summed E-state index contributed by atoms with van der Waals surface area (Å²) in [6.07, 6.45) is 1.89. The van der Waals surface area contributed by atoms with Gasteiger partial charge in [0.1, 0.15) is 11.6 Å². The highest BCUT2D eigenvalue weighted by atomic mass is 35.5. The number of rotatable bonds is 6. The molecule has 0 heterocycles. The minimum atomic E-state index is -0.285. The second-order valence-electron chi connectivity index (χ2n) is 4.32. The molecule has 2 rings (SSSR count). The zero-order valence-electron chi connectivity index (χ0n) is 10.6. The van der Waals surface area contributed by atoms with Gasteiger partial charge in [-0.05, 0) is 36.6 Å². The number of alkyl halides is 1. The van der Waals surface area contributed by atoms with Gasteiger partial charge in [-0.3, -0.25) is 0 Å². The molecule has 0 saturated carbocycles. The third kappa shape index (κ3) is 4.25.